The number of rotatable bonds is 0. The first kappa shape index (κ1) is 6.36. The van der Waals surface area contributed by atoms with Crippen molar-refractivity contribution in [1.82, 2.24) is 5.32 Å². The van der Waals surface area contributed by atoms with Crippen LogP contribution in [-0.2, 0) is 10.9 Å². The number of thiocarbonyl (C=S) groups is 1. The highest BCUT2D eigenvalue weighted by Gasteiger charge is 2.30. The van der Waals surface area contributed by atoms with Crippen molar-refractivity contribution in [3.63, 3.8) is 0 Å². The minimum atomic E-state index is 0.373. The van der Waals surface area contributed by atoms with Crippen molar-refractivity contribution < 1.29 is 0 Å². The van der Waals surface area contributed by atoms with Crippen LogP contribution < -0.4 is 5.32 Å². The molecule has 1 rings (SSSR count). The number of hydrogen-bond donors (Lipinski definition) is 1. The van der Waals surface area contributed by atoms with Gasteiger partial charge in [0.15, 0.2) is 0 Å². The topological polar surface area (TPSA) is 12.0 Å². The van der Waals surface area contributed by atoms with Crippen molar-refractivity contribution in [3.8, 4) is 0 Å². The normalized spacial score (nSPS) is 37.5. The lowest BCUT2D eigenvalue weighted by molar-refractivity contribution is 0.772. The molecule has 0 aromatic carbocycles. The van der Waals surface area contributed by atoms with Crippen molar-refractivity contribution >= 4 is 27.4 Å². The summed E-state index contributed by atoms with van der Waals surface area (Å²) >= 11 is 5.02. The lowest BCUT2D eigenvalue weighted by atomic mass is 10.4. The molecule has 0 amide bonds. The van der Waals surface area contributed by atoms with Gasteiger partial charge in [-0.15, -0.1) is 0 Å². The van der Waals surface area contributed by atoms with E-state index in [-0.39, 0.29) is 0 Å². The molecule has 2 unspecified atom stereocenters. The third-order valence-electron chi connectivity index (χ3n) is 1.18. The Morgan fingerprint density at radius 1 is 1.88 bits per heavy atom. The fraction of sp³-hybridized carbons (Fsp3) is 0.800. The summed E-state index contributed by atoms with van der Waals surface area (Å²) in [6.07, 6.45) is 2.19. The van der Waals surface area contributed by atoms with Crippen LogP contribution in [0.4, 0.5) is 0 Å². The van der Waals surface area contributed by atoms with Crippen molar-refractivity contribution in [2.24, 2.45) is 0 Å². The fourth-order valence-electron chi connectivity index (χ4n) is 0.794. The minimum absolute atomic E-state index is 0.373. The van der Waals surface area contributed by atoms with E-state index in [1.807, 2.05) is 0 Å². The SMILES string of the molecule is CC1C[S+](C)C(=S)N1. The van der Waals surface area contributed by atoms with Crippen LogP contribution in [-0.4, -0.2) is 22.4 Å². The molecule has 0 spiro atoms. The zero-order valence-electron chi connectivity index (χ0n) is 5.10. The standard InChI is InChI=1S/C5H9NS2/c1-4-3-8(2)5(7)6-4/h4H,3H2,1-2H3/p+1. The molecular weight excluding hydrogens is 138 g/mol. The van der Waals surface area contributed by atoms with Gasteiger partial charge in [0, 0.05) is 0 Å². The molecule has 2 atom stereocenters. The highest BCUT2D eigenvalue weighted by Crippen LogP contribution is 2.05. The van der Waals surface area contributed by atoms with E-state index in [0.717, 1.165) is 4.32 Å². The molecule has 1 fully saturated rings. The van der Waals surface area contributed by atoms with Crippen LogP contribution in [0.15, 0.2) is 0 Å². The summed E-state index contributed by atoms with van der Waals surface area (Å²) in [5, 5.41) is 3.21. The summed E-state index contributed by atoms with van der Waals surface area (Å²) in [5.41, 5.74) is 0. The van der Waals surface area contributed by atoms with Gasteiger partial charge in [-0.05, 0) is 19.1 Å². The monoisotopic (exact) mass is 148 g/mol. The summed E-state index contributed by atoms with van der Waals surface area (Å²) in [6.45, 7) is 2.17. The maximum absolute atomic E-state index is 5.02. The Morgan fingerprint density at radius 2 is 2.50 bits per heavy atom. The van der Waals surface area contributed by atoms with E-state index in [1.54, 1.807) is 0 Å². The third kappa shape index (κ3) is 1.14. The maximum Gasteiger partial charge on any atom is 0.287 e. The van der Waals surface area contributed by atoms with Crippen LogP contribution in [0, 0.1) is 0 Å². The molecule has 3 heteroatoms. The van der Waals surface area contributed by atoms with Crippen LogP contribution in [0.1, 0.15) is 6.92 Å². The van der Waals surface area contributed by atoms with Gasteiger partial charge in [0.05, 0.1) is 16.9 Å². The Morgan fingerprint density at radius 3 is 2.62 bits per heavy atom. The summed E-state index contributed by atoms with van der Waals surface area (Å²) in [7, 11) is 0.373. The maximum atomic E-state index is 5.02. The Balaban J connectivity index is 2.51. The second-order valence-corrected chi connectivity index (χ2v) is 4.82. The second kappa shape index (κ2) is 2.23. The lowest BCUT2D eigenvalue weighted by Crippen LogP contribution is -2.22. The molecule has 0 aliphatic carbocycles. The Bertz CT molecular complexity index is 113. The second-order valence-electron chi connectivity index (χ2n) is 2.14. The Kier molecular flexibility index (Phi) is 1.77. The predicted molar refractivity (Wildman–Crippen MR) is 43.4 cm³/mol. The first-order chi connectivity index (χ1) is 3.70. The molecule has 1 nitrogen and oxygen atoms in total. The van der Waals surface area contributed by atoms with E-state index < -0.39 is 0 Å². The van der Waals surface area contributed by atoms with Gasteiger partial charge in [0.2, 0.25) is 0 Å². The van der Waals surface area contributed by atoms with Gasteiger partial charge in [0.1, 0.15) is 12.0 Å². The molecule has 0 aromatic heterocycles. The van der Waals surface area contributed by atoms with Crippen LogP contribution in [0.5, 0.6) is 0 Å². The van der Waals surface area contributed by atoms with Crippen LogP contribution in [0.3, 0.4) is 0 Å². The van der Waals surface area contributed by atoms with E-state index in [4.69, 9.17) is 12.2 Å². The van der Waals surface area contributed by atoms with Gasteiger partial charge < -0.3 is 5.32 Å². The molecule has 1 aliphatic rings. The summed E-state index contributed by atoms with van der Waals surface area (Å²) in [4.78, 5) is 0. The average molecular weight is 148 g/mol. The first-order valence-corrected chi connectivity index (χ1v) is 4.84. The quantitative estimate of drug-likeness (QED) is 0.397. The first-order valence-electron chi connectivity index (χ1n) is 2.63. The zero-order chi connectivity index (χ0) is 6.15. The molecule has 1 heterocycles. The minimum Gasteiger partial charge on any atom is -0.329 e. The molecular formula is C5H10NS2+. The molecule has 8 heavy (non-hydrogen) atoms. The zero-order valence-corrected chi connectivity index (χ0v) is 6.73. The van der Waals surface area contributed by atoms with Crippen LogP contribution in [0.2, 0.25) is 0 Å². The van der Waals surface area contributed by atoms with Crippen LogP contribution >= 0.6 is 12.2 Å². The molecule has 0 aromatic rings. The molecule has 1 aliphatic heterocycles. The highest BCUT2D eigenvalue weighted by molar-refractivity contribution is 8.20. The highest BCUT2D eigenvalue weighted by atomic mass is 32.2. The average Bonchev–Trinajstić information content (AvgIpc) is 1.85. The molecule has 0 radical (unpaired) electrons. The summed E-state index contributed by atoms with van der Waals surface area (Å²) in [5.74, 6) is 1.23. The Hall–Kier alpha value is 0.240. The molecule has 1 saturated heterocycles. The van der Waals surface area contributed by atoms with Gasteiger partial charge in [-0.1, -0.05) is 0 Å². The fourth-order valence-corrected chi connectivity index (χ4v) is 2.59. The third-order valence-corrected chi connectivity index (χ3v) is 3.90. The predicted octanol–water partition coefficient (Wildman–Crippen LogP) is 0.511. The van der Waals surface area contributed by atoms with E-state index >= 15 is 0 Å². The largest absolute Gasteiger partial charge is 0.329 e. The molecule has 46 valence electrons. The van der Waals surface area contributed by atoms with Gasteiger partial charge in [-0.3, -0.25) is 0 Å². The Labute approximate surface area is 58.2 Å². The molecule has 0 saturated carbocycles. The van der Waals surface area contributed by atoms with Crippen molar-refractivity contribution in [1.29, 1.82) is 0 Å². The van der Waals surface area contributed by atoms with E-state index in [0.29, 0.717) is 16.9 Å². The number of hydrogen-bond acceptors (Lipinski definition) is 1. The van der Waals surface area contributed by atoms with E-state index in [9.17, 15) is 0 Å². The summed E-state index contributed by atoms with van der Waals surface area (Å²) < 4.78 is 1.07. The van der Waals surface area contributed by atoms with Crippen LogP contribution in [0.25, 0.3) is 0 Å². The van der Waals surface area contributed by atoms with Gasteiger partial charge in [-0.2, -0.15) is 0 Å². The number of nitrogens with one attached hydrogen (secondary N) is 1. The van der Waals surface area contributed by atoms with Gasteiger partial charge >= 0.3 is 0 Å². The van der Waals surface area contributed by atoms with E-state index in [2.05, 4.69) is 18.5 Å². The molecule has 1 N–H and O–H groups in total. The molecule has 0 bridgehead atoms. The van der Waals surface area contributed by atoms with Crippen molar-refractivity contribution in [2.45, 2.75) is 13.0 Å². The smallest absolute Gasteiger partial charge is 0.287 e. The van der Waals surface area contributed by atoms with Gasteiger partial charge in [0.25, 0.3) is 4.32 Å². The van der Waals surface area contributed by atoms with Gasteiger partial charge in [-0.25, -0.2) is 0 Å². The lowest BCUT2D eigenvalue weighted by Gasteiger charge is -1.90. The van der Waals surface area contributed by atoms with E-state index in [1.165, 1.54) is 5.75 Å². The van der Waals surface area contributed by atoms with Crippen molar-refractivity contribution in [2.75, 3.05) is 12.0 Å². The van der Waals surface area contributed by atoms with Crippen molar-refractivity contribution in [3.05, 3.63) is 0 Å². The summed E-state index contributed by atoms with van der Waals surface area (Å²) in [6, 6.07) is 0.621.